The van der Waals surface area contributed by atoms with Crippen molar-refractivity contribution < 1.29 is 13.5 Å². The van der Waals surface area contributed by atoms with Crippen LogP contribution in [0.15, 0.2) is 40.9 Å². The van der Waals surface area contributed by atoms with Crippen LogP contribution in [-0.2, 0) is 6.42 Å². The van der Waals surface area contributed by atoms with Gasteiger partial charge in [0.2, 0.25) is 0 Å². The largest absolute Gasteiger partial charge is 0.496 e. The molecule has 0 fully saturated rings. The molecule has 1 unspecified atom stereocenters. The monoisotopic (exact) mass is 355 g/mol. The Bertz CT molecular complexity index is 613. The minimum absolute atomic E-state index is 0.310. The topological polar surface area (TPSA) is 21.3 Å². The van der Waals surface area contributed by atoms with Crippen LogP contribution >= 0.6 is 15.9 Å². The Kier molecular flexibility index (Phi) is 5.31. The molecule has 1 atom stereocenters. The maximum atomic E-state index is 14.1. The zero-order valence-electron chi connectivity index (χ0n) is 11.8. The lowest BCUT2D eigenvalue weighted by atomic mass is 9.97. The highest BCUT2D eigenvalue weighted by molar-refractivity contribution is 9.10. The van der Waals surface area contributed by atoms with E-state index in [1.165, 1.54) is 25.3 Å². The van der Waals surface area contributed by atoms with Gasteiger partial charge in [-0.25, -0.2) is 8.78 Å². The number of benzene rings is 2. The van der Waals surface area contributed by atoms with E-state index in [9.17, 15) is 8.78 Å². The first-order valence-electron chi connectivity index (χ1n) is 6.49. The molecule has 0 heterocycles. The Morgan fingerprint density at radius 1 is 1.24 bits per heavy atom. The van der Waals surface area contributed by atoms with Gasteiger partial charge in [0.05, 0.1) is 7.11 Å². The third-order valence-electron chi connectivity index (χ3n) is 3.29. The van der Waals surface area contributed by atoms with Gasteiger partial charge in [-0.15, -0.1) is 0 Å². The average molecular weight is 356 g/mol. The Balaban J connectivity index is 2.36. The van der Waals surface area contributed by atoms with E-state index in [4.69, 9.17) is 4.74 Å². The Labute approximate surface area is 131 Å². The van der Waals surface area contributed by atoms with Crippen molar-refractivity contribution in [2.45, 2.75) is 12.5 Å². The van der Waals surface area contributed by atoms with Gasteiger partial charge in [-0.05, 0) is 49.4 Å². The third kappa shape index (κ3) is 3.80. The number of ether oxygens (including phenoxy) is 1. The van der Waals surface area contributed by atoms with Crippen molar-refractivity contribution >= 4 is 15.9 Å². The van der Waals surface area contributed by atoms with E-state index >= 15 is 0 Å². The van der Waals surface area contributed by atoms with E-state index in [2.05, 4.69) is 21.2 Å². The molecule has 0 spiro atoms. The summed E-state index contributed by atoms with van der Waals surface area (Å²) in [4.78, 5) is 0. The van der Waals surface area contributed by atoms with Gasteiger partial charge in [0.15, 0.2) is 0 Å². The smallest absolute Gasteiger partial charge is 0.131 e. The molecule has 0 bridgehead atoms. The molecule has 2 nitrogen and oxygen atoms in total. The lowest BCUT2D eigenvalue weighted by Crippen LogP contribution is -2.21. The molecule has 21 heavy (non-hydrogen) atoms. The fourth-order valence-corrected chi connectivity index (χ4v) is 2.86. The molecule has 2 rings (SSSR count). The zero-order valence-corrected chi connectivity index (χ0v) is 13.4. The molecule has 5 heteroatoms. The number of rotatable bonds is 5. The maximum Gasteiger partial charge on any atom is 0.131 e. The fraction of sp³-hybridized carbons (Fsp3) is 0.250. The summed E-state index contributed by atoms with van der Waals surface area (Å²) >= 11 is 3.26. The summed E-state index contributed by atoms with van der Waals surface area (Å²) in [5.74, 6) is -0.191. The van der Waals surface area contributed by atoms with Gasteiger partial charge in [0.25, 0.3) is 0 Å². The van der Waals surface area contributed by atoms with Crippen molar-refractivity contribution in [1.29, 1.82) is 0 Å². The first kappa shape index (κ1) is 15.9. The van der Waals surface area contributed by atoms with Gasteiger partial charge in [0, 0.05) is 16.1 Å². The third-order valence-corrected chi connectivity index (χ3v) is 3.75. The van der Waals surface area contributed by atoms with Crippen molar-refractivity contribution in [3.63, 3.8) is 0 Å². The van der Waals surface area contributed by atoms with Crippen LogP contribution in [0.2, 0.25) is 0 Å². The highest BCUT2D eigenvalue weighted by Crippen LogP contribution is 2.30. The van der Waals surface area contributed by atoms with Crippen LogP contribution in [0, 0.1) is 11.6 Å². The molecule has 0 saturated carbocycles. The summed E-state index contributed by atoms with van der Waals surface area (Å²) in [5.41, 5.74) is 1.22. The Morgan fingerprint density at radius 3 is 2.62 bits per heavy atom. The van der Waals surface area contributed by atoms with E-state index < -0.39 is 0 Å². The summed E-state index contributed by atoms with van der Waals surface area (Å²) in [6.45, 7) is 0. The molecule has 0 aliphatic rings. The van der Waals surface area contributed by atoms with Gasteiger partial charge < -0.3 is 10.1 Å². The number of hydrogen-bond donors (Lipinski definition) is 1. The minimum atomic E-state index is -0.343. The number of methoxy groups -OCH3 is 1. The molecular formula is C16H16BrF2NO. The highest BCUT2D eigenvalue weighted by atomic mass is 79.9. The van der Waals surface area contributed by atoms with E-state index in [1.54, 1.807) is 19.2 Å². The van der Waals surface area contributed by atoms with Crippen LogP contribution in [-0.4, -0.2) is 14.2 Å². The standard InChI is InChI=1S/C16H16BrF2NO/c1-20-14(8-10-6-11(17)9-12(18)7-10)16-13(19)4-3-5-15(16)21-2/h3-7,9,14,20H,8H2,1-2H3. The maximum absolute atomic E-state index is 14.1. The van der Waals surface area contributed by atoms with Gasteiger partial charge in [-0.2, -0.15) is 0 Å². The quantitative estimate of drug-likeness (QED) is 0.865. The van der Waals surface area contributed by atoms with Crippen LogP contribution in [0.5, 0.6) is 5.75 Å². The van der Waals surface area contributed by atoms with Crippen molar-refractivity contribution in [3.05, 3.63) is 63.6 Å². The van der Waals surface area contributed by atoms with Crippen LogP contribution in [0.4, 0.5) is 8.78 Å². The molecule has 2 aromatic carbocycles. The Morgan fingerprint density at radius 2 is 2.00 bits per heavy atom. The minimum Gasteiger partial charge on any atom is -0.496 e. The molecule has 112 valence electrons. The molecule has 0 aliphatic carbocycles. The van der Waals surface area contributed by atoms with Crippen molar-refractivity contribution in [2.75, 3.05) is 14.2 Å². The second-order valence-electron chi connectivity index (χ2n) is 4.68. The zero-order chi connectivity index (χ0) is 15.4. The van der Waals surface area contributed by atoms with E-state index in [1.807, 2.05) is 6.07 Å². The van der Waals surface area contributed by atoms with Gasteiger partial charge in [-0.3, -0.25) is 0 Å². The van der Waals surface area contributed by atoms with Gasteiger partial charge in [-0.1, -0.05) is 22.0 Å². The van der Waals surface area contributed by atoms with E-state index in [-0.39, 0.29) is 17.7 Å². The molecule has 2 aromatic rings. The summed E-state index contributed by atoms with van der Waals surface area (Å²) < 4.78 is 33.5. The number of hydrogen-bond acceptors (Lipinski definition) is 2. The summed E-state index contributed by atoms with van der Waals surface area (Å²) in [7, 11) is 3.24. The molecule has 0 saturated heterocycles. The molecule has 0 aliphatic heterocycles. The second-order valence-corrected chi connectivity index (χ2v) is 5.59. The highest BCUT2D eigenvalue weighted by Gasteiger charge is 2.19. The predicted octanol–water partition coefficient (Wildman–Crippen LogP) is 4.24. The lowest BCUT2D eigenvalue weighted by molar-refractivity contribution is 0.393. The lowest BCUT2D eigenvalue weighted by Gasteiger charge is -2.20. The number of likely N-dealkylation sites (N-methyl/N-ethyl adjacent to an activating group) is 1. The van der Waals surface area contributed by atoms with Gasteiger partial charge >= 0.3 is 0 Å². The molecule has 0 radical (unpaired) electrons. The summed E-state index contributed by atoms with van der Waals surface area (Å²) in [6, 6.07) is 9.05. The number of nitrogens with one attached hydrogen (secondary N) is 1. The van der Waals surface area contributed by atoms with Crippen molar-refractivity contribution in [2.24, 2.45) is 0 Å². The molecule has 0 aromatic heterocycles. The molecular weight excluding hydrogens is 340 g/mol. The second kappa shape index (κ2) is 7.00. The van der Waals surface area contributed by atoms with Crippen LogP contribution in [0.1, 0.15) is 17.2 Å². The number of halogens is 3. The van der Waals surface area contributed by atoms with Crippen molar-refractivity contribution in [1.82, 2.24) is 5.32 Å². The fourth-order valence-electron chi connectivity index (χ4n) is 2.35. The molecule has 0 amide bonds. The average Bonchev–Trinajstić information content (AvgIpc) is 2.44. The van der Waals surface area contributed by atoms with E-state index in [0.29, 0.717) is 22.2 Å². The normalized spacial score (nSPS) is 12.2. The van der Waals surface area contributed by atoms with Gasteiger partial charge in [0.1, 0.15) is 17.4 Å². The molecule has 1 N–H and O–H groups in total. The first-order chi connectivity index (χ1) is 10.0. The van der Waals surface area contributed by atoms with Crippen molar-refractivity contribution in [3.8, 4) is 5.75 Å². The van der Waals surface area contributed by atoms with Crippen LogP contribution < -0.4 is 10.1 Å². The first-order valence-corrected chi connectivity index (χ1v) is 7.29. The summed E-state index contributed by atoms with van der Waals surface area (Å²) in [6.07, 6.45) is 0.449. The Hall–Kier alpha value is -1.46. The van der Waals surface area contributed by atoms with E-state index in [0.717, 1.165) is 5.56 Å². The SMILES string of the molecule is CNC(Cc1cc(F)cc(Br)c1)c1c(F)cccc1OC. The predicted molar refractivity (Wildman–Crippen MR) is 82.6 cm³/mol. The van der Waals surface area contributed by atoms with Crippen LogP contribution in [0.25, 0.3) is 0 Å². The van der Waals surface area contributed by atoms with Crippen LogP contribution in [0.3, 0.4) is 0 Å². The summed E-state index contributed by atoms with van der Waals surface area (Å²) in [5, 5.41) is 3.06.